The zero-order chi connectivity index (χ0) is 33.6. The van der Waals surface area contributed by atoms with E-state index < -0.39 is 5.97 Å². The van der Waals surface area contributed by atoms with Gasteiger partial charge >= 0.3 is 11.9 Å². The number of carbonyl (C=O) groups excluding carboxylic acids is 1. The van der Waals surface area contributed by atoms with Gasteiger partial charge in [0, 0.05) is 12.8 Å². The summed E-state index contributed by atoms with van der Waals surface area (Å²) in [7, 11) is 0. The highest BCUT2D eigenvalue weighted by atomic mass is 16.5. The number of carbonyl (C=O) groups is 2. The van der Waals surface area contributed by atoms with Crippen LogP contribution in [0.1, 0.15) is 239 Å². The summed E-state index contributed by atoms with van der Waals surface area (Å²) in [4.78, 5) is 22.8. The van der Waals surface area contributed by atoms with Crippen LogP contribution in [0.2, 0.25) is 0 Å². The van der Waals surface area contributed by atoms with E-state index in [9.17, 15) is 9.59 Å². The first kappa shape index (κ1) is 44.7. The SMILES string of the molecule is CCCCCCCC/C=C\CCCCCCCC(=O)OC(CC)CCCCCCCCCCCCCCCCCCCCC(=O)O. The molecule has 0 spiro atoms. The molecular formula is C42H80O4. The molecule has 272 valence electrons. The highest BCUT2D eigenvalue weighted by molar-refractivity contribution is 5.69. The fraction of sp³-hybridized carbons (Fsp3) is 0.905. The molecule has 0 fully saturated rings. The fourth-order valence-electron chi connectivity index (χ4n) is 6.41. The van der Waals surface area contributed by atoms with Crippen LogP contribution in [0.4, 0.5) is 0 Å². The minimum atomic E-state index is -0.660. The van der Waals surface area contributed by atoms with Gasteiger partial charge in [-0.05, 0) is 57.8 Å². The summed E-state index contributed by atoms with van der Waals surface area (Å²) < 4.78 is 5.80. The lowest BCUT2D eigenvalue weighted by atomic mass is 10.0. The Morgan fingerprint density at radius 1 is 0.478 bits per heavy atom. The summed E-state index contributed by atoms with van der Waals surface area (Å²) in [6, 6.07) is 0. The molecular weight excluding hydrogens is 568 g/mol. The third-order valence-electron chi connectivity index (χ3n) is 9.56. The Kier molecular flexibility index (Phi) is 37.0. The van der Waals surface area contributed by atoms with Crippen LogP contribution in [0.3, 0.4) is 0 Å². The quantitative estimate of drug-likeness (QED) is 0.0411. The normalized spacial score (nSPS) is 12.2. The molecule has 0 radical (unpaired) electrons. The maximum Gasteiger partial charge on any atom is 0.306 e. The van der Waals surface area contributed by atoms with Gasteiger partial charge in [-0.25, -0.2) is 0 Å². The molecule has 46 heavy (non-hydrogen) atoms. The smallest absolute Gasteiger partial charge is 0.306 e. The molecule has 4 heteroatoms. The molecule has 0 aromatic rings. The molecule has 0 saturated heterocycles. The van der Waals surface area contributed by atoms with Crippen molar-refractivity contribution in [1.29, 1.82) is 0 Å². The Morgan fingerprint density at radius 2 is 0.826 bits per heavy atom. The van der Waals surface area contributed by atoms with E-state index in [1.54, 1.807) is 0 Å². The van der Waals surface area contributed by atoms with Crippen molar-refractivity contribution in [2.45, 2.75) is 245 Å². The maximum atomic E-state index is 12.3. The molecule has 0 aliphatic carbocycles. The van der Waals surface area contributed by atoms with Gasteiger partial charge in [-0.3, -0.25) is 9.59 Å². The van der Waals surface area contributed by atoms with Gasteiger partial charge in [0.2, 0.25) is 0 Å². The number of hydrogen-bond acceptors (Lipinski definition) is 3. The molecule has 0 aliphatic heterocycles. The van der Waals surface area contributed by atoms with Crippen molar-refractivity contribution in [2.75, 3.05) is 0 Å². The van der Waals surface area contributed by atoms with Crippen molar-refractivity contribution < 1.29 is 19.4 Å². The number of carboxylic acids is 1. The summed E-state index contributed by atoms with van der Waals surface area (Å²) in [6.45, 7) is 4.42. The lowest BCUT2D eigenvalue weighted by molar-refractivity contribution is -0.149. The largest absolute Gasteiger partial charge is 0.481 e. The Labute approximate surface area is 287 Å². The minimum absolute atomic E-state index is 0.0196. The van der Waals surface area contributed by atoms with Gasteiger partial charge in [-0.2, -0.15) is 0 Å². The summed E-state index contributed by atoms with van der Waals surface area (Å²) in [5.41, 5.74) is 0. The van der Waals surface area contributed by atoms with Gasteiger partial charge in [-0.1, -0.05) is 180 Å². The standard InChI is InChI=1S/C42H80O4/c1-3-5-6-7-8-9-10-11-16-21-24-27-30-33-36-39-42(45)46-40(4-2)37-34-31-28-25-22-19-17-14-12-13-15-18-20-23-26-29-32-35-38-41(43)44/h11,16,40H,3-10,12-15,17-39H2,1-2H3,(H,43,44)/b16-11-. The first-order valence-corrected chi connectivity index (χ1v) is 20.7. The second kappa shape index (κ2) is 38.1. The van der Waals surface area contributed by atoms with Gasteiger partial charge in [-0.15, -0.1) is 0 Å². The Balaban J connectivity index is 3.39. The van der Waals surface area contributed by atoms with Crippen molar-refractivity contribution in [3.63, 3.8) is 0 Å². The number of unbranched alkanes of at least 4 members (excludes halogenated alkanes) is 28. The average molecular weight is 649 g/mol. The number of ether oxygens (including phenoxy) is 1. The number of allylic oxidation sites excluding steroid dienone is 2. The van der Waals surface area contributed by atoms with Gasteiger partial charge in [0.05, 0.1) is 0 Å². The highest BCUT2D eigenvalue weighted by Crippen LogP contribution is 2.17. The van der Waals surface area contributed by atoms with Gasteiger partial charge in [0.25, 0.3) is 0 Å². The van der Waals surface area contributed by atoms with Crippen LogP contribution in [0.15, 0.2) is 12.2 Å². The maximum absolute atomic E-state index is 12.3. The number of esters is 1. The van der Waals surface area contributed by atoms with E-state index in [4.69, 9.17) is 9.84 Å². The second-order valence-corrected chi connectivity index (χ2v) is 14.2. The number of hydrogen-bond donors (Lipinski definition) is 1. The van der Waals surface area contributed by atoms with Crippen LogP contribution in [-0.2, 0) is 14.3 Å². The average Bonchev–Trinajstić information content (AvgIpc) is 3.04. The zero-order valence-electron chi connectivity index (χ0n) is 31.2. The number of carboxylic acid groups (broad SMARTS) is 1. The fourth-order valence-corrected chi connectivity index (χ4v) is 6.41. The highest BCUT2D eigenvalue weighted by Gasteiger charge is 2.12. The van der Waals surface area contributed by atoms with Crippen LogP contribution in [0.25, 0.3) is 0 Å². The number of rotatable bonds is 38. The van der Waals surface area contributed by atoms with Crippen LogP contribution < -0.4 is 0 Å². The van der Waals surface area contributed by atoms with E-state index in [0.29, 0.717) is 12.8 Å². The molecule has 0 aliphatic rings. The molecule has 0 rings (SSSR count). The zero-order valence-corrected chi connectivity index (χ0v) is 31.2. The van der Waals surface area contributed by atoms with Crippen LogP contribution in [0.5, 0.6) is 0 Å². The molecule has 0 heterocycles. The Bertz CT molecular complexity index is 658. The van der Waals surface area contributed by atoms with Crippen molar-refractivity contribution in [3.05, 3.63) is 12.2 Å². The first-order valence-electron chi connectivity index (χ1n) is 20.7. The monoisotopic (exact) mass is 649 g/mol. The van der Waals surface area contributed by atoms with Crippen LogP contribution in [-0.4, -0.2) is 23.1 Å². The first-order chi connectivity index (χ1) is 22.6. The van der Waals surface area contributed by atoms with E-state index in [1.165, 1.54) is 173 Å². The third kappa shape index (κ3) is 37.1. The van der Waals surface area contributed by atoms with Crippen molar-refractivity contribution in [3.8, 4) is 0 Å². The van der Waals surface area contributed by atoms with Gasteiger partial charge in [0.15, 0.2) is 0 Å². The molecule has 1 N–H and O–H groups in total. The molecule has 0 amide bonds. The molecule has 0 aromatic carbocycles. The molecule has 1 unspecified atom stereocenters. The van der Waals surface area contributed by atoms with Gasteiger partial charge in [0.1, 0.15) is 6.10 Å². The van der Waals surface area contributed by atoms with E-state index in [-0.39, 0.29) is 12.1 Å². The third-order valence-corrected chi connectivity index (χ3v) is 9.56. The molecule has 1 atom stereocenters. The van der Waals surface area contributed by atoms with E-state index in [1.807, 2.05) is 0 Å². The predicted octanol–water partition coefficient (Wildman–Crippen LogP) is 14.2. The van der Waals surface area contributed by atoms with Crippen molar-refractivity contribution in [2.24, 2.45) is 0 Å². The summed E-state index contributed by atoms with van der Waals surface area (Å²) >= 11 is 0. The number of aliphatic carboxylic acids is 1. The van der Waals surface area contributed by atoms with E-state index in [2.05, 4.69) is 26.0 Å². The van der Waals surface area contributed by atoms with E-state index >= 15 is 0 Å². The molecule has 0 bridgehead atoms. The Hall–Kier alpha value is -1.32. The molecule has 4 nitrogen and oxygen atoms in total. The molecule has 0 saturated carbocycles. The predicted molar refractivity (Wildman–Crippen MR) is 200 cm³/mol. The van der Waals surface area contributed by atoms with Crippen LogP contribution in [0, 0.1) is 0 Å². The second-order valence-electron chi connectivity index (χ2n) is 14.2. The van der Waals surface area contributed by atoms with Crippen molar-refractivity contribution in [1.82, 2.24) is 0 Å². The van der Waals surface area contributed by atoms with Crippen molar-refractivity contribution >= 4 is 11.9 Å². The topological polar surface area (TPSA) is 63.6 Å². The van der Waals surface area contributed by atoms with Crippen LogP contribution >= 0.6 is 0 Å². The lowest BCUT2D eigenvalue weighted by Crippen LogP contribution is -2.17. The summed E-state index contributed by atoms with van der Waals surface area (Å²) in [5, 5.41) is 8.65. The summed E-state index contributed by atoms with van der Waals surface area (Å²) in [6.07, 6.45) is 47.6. The minimum Gasteiger partial charge on any atom is -0.481 e. The Morgan fingerprint density at radius 3 is 1.22 bits per heavy atom. The van der Waals surface area contributed by atoms with E-state index in [0.717, 1.165) is 38.5 Å². The lowest BCUT2D eigenvalue weighted by Gasteiger charge is -2.16. The summed E-state index contributed by atoms with van der Waals surface area (Å²) in [5.74, 6) is -0.641. The molecule has 0 aromatic heterocycles. The van der Waals surface area contributed by atoms with Gasteiger partial charge < -0.3 is 9.84 Å².